The lowest BCUT2D eigenvalue weighted by Gasteiger charge is -2.09. The monoisotopic (exact) mass is 271 g/mol. The zero-order chi connectivity index (χ0) is 14.5. The van der Waals surface area contributed by atoms with Crippen LogP contribution in [0, 0.1) is 6.92 Å². The van der Waals surface area contributed by atoms with Crippen molar-refractivity contribution in [2.45, 2.75) is 19.8 Å². The molecule has 0 fully saturated rings. The fourth-order valence-corrected chi connectivity index (χ4v) is 2.14. The zero-order valence-corrected chi connectivity index (χ0v) is 11.3. The molecule has 0 radical (unpaired) electrons. The maximum Gasteiger partial charge on any atom is 0.303 e. The second-order valence-corrected chi connectivity index (χ2v) is 4.77. The molecule has 0 heterocycles. The van der Waals surface area contributed by atoms with E-state index in [-0.39, 0.29) is 12.3 Å². The number of hydrogen-bond acceptors (Lipinski definition) is 2. The molecule has 2 aromatic carbocycles. The number of fused-ring (bicyclic) bond motifs is 1. The maximum atomic E-state index is 12.1. The average molecular weight is 271 g/mol. The number of carbonyl (C=O) groups excluding carboxylic acids is 1. The summed E-state index contributed by atoms with van der Waals surface area (Å²) in [4.78, 5) is 22.5. The molecule has 4 heteroatoms. The number of aliphatic carboxylic acids is 1. The van der Waals surface area contributed by atoms with Crippen molar-refractivity contribution >= 4 is 22.6 Å². The Morgan fingerprint density at radius 3 is 2.45 bits per heavy atom. The summed E-state index contributed by atoms with van der Waals surface area (Å²) in [5.74, 6) is -1.00. The summed E-state index contributed by atoms with van der Waals surface area (Å²) >= 11 is 0. The van der Waals surface area contributed by atoms with Gasteiger partial charge in [-0.2, -0.15) is 0 Å². The number of aryl methyl sites for hydroxylation is 1. The molecular formula is C16H17NO3. The molecule has 2 rings (SSSR count). The molecule has 104 valence electrons. The summed E-state index contributed by atoms with van der Waals surface area (Å²) in [5.41, 5.74) is 1.55. The first-order valence-corrected chi connectivity index (χ1v) is 6.57. The van der Waals surface area contributed by atoms with Crippen LogP contribution in [0.1, 0.15) is 28.8 Å². The van der Waals surface area contributed by atoms with Gasteiger partial charge in [0.25, 0.3) is 5.91 Å². The van der Waals surface area contributed by atoms with Gasteiger partial charge >= 0.3 is 5.97 Å². The van der Waals surface area contributed by atoms with Gasteiger partial charge in [-0.1, -0.05) is 30.3 Å². The van der Waals surface area contributed by atoms with E-state index in [1.165, 1.54) is 0 Å². The fraction of sp³-hybridized carbons (Fsp3) is 0.250. The molecule has 0 saturated heterocycles. The molecule has 0 saturated carbocycles. The Morgan fingerprint density at radius 1 is 1.15 bits per heavy atom. The van der Waals surface area contributed by atoms with Gasteiger partial charge in [0, 0.05) is 18.5 Å². The molecular weight excluding hydrogens is 254 g/mol. The van der Waals surface area contributed by atoms with Crippen LogP contribution >= 0.6 is 0 Å². The highest BCUT2D eigenvalue weighted by Gasteiger charge is 2.09. The van der Waals surface area contributed by atoms with Gasteiger partial charge in [-0.05, 0) is 35.7 Å². The van der Waals surface area contributed by atoms with Gasteiger partial charge in [0.2, 0.25) is 0 Å². The standard InChI is InChI=1S/C16H17NO3/c1-11-9-12-5-2-3-6-13(12)10-14(11)16(20)17-8-4-7-15(18)19/h2-3,5-6,9-10H,4,7-8H2,1H3,(H,17,20)(H,18,19). The van der Waals surface area contributed by atoms with E-state index in [0.717, 1.165) is 16.3 Å². The molecule has 1 amide bonds. The summed E-state index contributed by atoms with van der Waals surface area (Å²) in [7, 11) is 0. The third-order valence-corrected chi connectivity index (χ3v) is 3.19. The Hall–Kier alpha value is -2.36. The molecule has 2 aromatic rings. The first kappa shape index (κ1) is 14.1. The molecule has 0 aliphatic heterocycles. The lowest BCUT2D eigenvalue weighted by molar-refractivity contribution is -0.137. The first-order chi connectivity index (χ1) is 9.58. The van der Waals surface area contributed by atoms with Gasteiger partial charge in [0.15, 0.2) is 0 Å². The average Bonchev–Trinajstić information content (AvgIpc) is 2.42. The van der Waals surface area contributed by atoms with E-state index in [4.69, 9.17) is 5.11 Å². The van der Waals surface area contributed by atoms with Crippen molar-refractivity contribution < 1.29 is 14.7 Å². The summed E-state index contributed by atoms with van der Waals surface area (Å²) < 4.78 is 0. The third kappa shape index (κ3) is 3.35. The normalized spacial score (nSPS) is 10.4. The predicted molar refractivity (Wildman–Crippen MR) is 77.9 cm³/mol. The van der Waals surface area contributed by atoms with E-state index >= 15 is 0 Å². The quantitative estimate of drug-likeness (QED) is 0.822. The van der Waals surface area contributed by atoms with Crippen LogP contribution in [-0.4, -0.2) is 23.5 Å². The number of hydrogen-bond donors (Lipinski definition) is 2. The number of benzene rings is 2. The third-order valence-electron chi connectivity index (χ3n) is 3.19. The van der Waals surface area contributed by atoms with Crippen LogP contribution in [0.3, 0.4) is 0 Å². The van der Waals surface area contributed by atoms with Crippen LogP contribution in [0.15, 0.2) is 36.4 Å². The minimum absolute atomic E-state index is 0.0665. The van der Waals surface area contributed by atoms with E-state index < -0.39 is 5.97 Å². The van der Waals surface area contributed by atoms with Gasteiger partial charge in [0.1, 0.15) is 0 Å². The maximum absolute atomic E-state index is 12.1. The summed E-state index contributed by atoms with van der Waals surface area (Å²) in [6.07, 6.45) is 0.505. The van der Waals surface area contributed by atoms with Gasteiger partial charge in [-0.15, -0.1) is 0 Å². The van der Waals surface area contributed by atoms with Crippen molar-refractivity contribution in [3.8, 4) is 0 Å². The molecule has 0 unspecified atom stereocenters. The van der Waals surface area contributed by atoms with E-state index in [9.17, 15) is 9.59 Å². The van der Waals surface area contributed by atoms with E-state index in [0.29, 0.717) is 18.5 Å². The van der Waals surface area contributed by atoms with Crippen LogP contribution in [0.5, 0.6) is 0 Å². The number of nitrogens with one attached hydrogen (secondary N) is 1. The highest BCUT2D eigenvalue weighted by molar-refractivity contribution is 6.00. The SMILES string of the molecule is Cc1cc2ccccc2cc1C(=O)NCCCC(=O)O. The second kappa shape index (κ2) is 6.19. The lowest BCUT2D eigenvalue weighted by Crippen LogP contribution is -2.25. The van der Waals surface area contributed by atoms with Crippen molar-refractivity contribution in [1.29, 1.82) is 0 Å². The summed E-state index contributed by atoms with van der Waals surface area (Å²) in [6, 6.07) is 11.7. The van der Waals surface area contributed by atoms with E-state index in [2.05, 4.69) is 5.32 Å². The number of amides is 1. The highest BCUT2D eigenvalue weighted by atomic mass is 16.4. The highest BCUT2D eigenvalue weighted by Crippen LogP contribution is 2.19. The number of rotatable bonds is 5. The van der Waals surface area contributed by atoms with Crippen LogP contribution in [0.2, 0.25) is 0 Å². The van der Waals surface area contributed by atoms with Crippen LogP contribution < -0.4 is 5.32 Å². The van der Waals surface area contributed by atoms with Gasteiger partial charge < -0.3 is 10.4 Å². The Bertz CT molecular complexity index is 649. The second-order valence-electron chi connectivity index (χ2n) is 4.77. The van der Waals surface area contributed by atoms with Crippen molar-refractivity contribution in [1.82, 2.24) is 5.32 Å². The van der Waals surface area contributed by atoms with Crippen LogP contribution in [0.4, 0.5) is 0 Å². The Labute approximate surface area is 117 Å². The topological polar surface area (TPSA) is 66.4 Å². The predicted octanol–water partition coefficient (Wildman–Crippen LogP) is 2.74. The number of carboxylic acids is 1. The molecule has 20 heavy (non-hydrogen) atoms. The molecule has 0 aliphatic carbocycles. The van der Waals surface area contributed by atoms with E-state index in [1.807, 2.05) is 43.3 Å². The van der Waals surface area contributed by atoms with Crippen molar-refractivity contribution in [2.75, 3.05) is 6.54 Å². The van der Waals surface area contributed by atoms with E-state index in [1.54, 1.807) is 0 Å². The largest absolute Gasteiger partial charge is 0.481 e. The van der Waals surface area contributed by atoms with Crippen LogP contribution in [-0.2, 0) is 4.79 Å². The molecule has 0 spiro atoms. The Morgan fingerprint density at radius 2 is 1.80 bits per heavy atom. The number of carbonyl (C=O) groups is 2. The minimum atomic E-state index is -0.846. The Balaban J connectivity index is 2.09. The lowest BCUT2D eigenvalue weighted by atomic mass is 10.0. The van der Waals surface area contributed by atoms with Gasteiger partial charge in [-0.3, -0.25) is 9.59 Å². The molecule has 4 nitrogen and oxygen atoms in total. The van der Waals surface area contributed by atoms with Crippen molar-refractivity contribution in [3.63, 3.8) is 0 Å². The smallest absolute Gasteiger partial charge is 0.303 e. The first-order valence-electron chi connectivity index (χ1n) is 6.57. The van der Waals surface area contributed by atoms with Crippen molar-refractivity contribution in [2.24, 2.45) is 0 Å². The van der Waals surface area contributed by atoms with Crippen LogP contribution in [0.25, 0.3) is 10.8 Å². The molecule has 0 bridgehead atoms. The summed E-state index contributed by atoms with van der Waals surface area (Å²) in [5, 5.41) is 13.4. The Kier molecular flexibility index (Phi) is 4.35. The zero-order valence-electron chi connectivity index (χ0n) is 11.3. The molecule has 2 N–H and O–H groups in total. The van der Waals surface area contributed by atoms with Gasteiger partial charge in [-0.25, -0.2) is 0 Å². The summed E-state index contributed by atoms with van der Waals surface area (Å²) in [6.45, 7) is 2.27. The molecule has 0 aromatic heterocycles. The molecule has 0 atom stereocenters. The van der Waals surface area contributed by atoms with Gasteiger partial charge in [0.05, 0.1) is 0 Å². The fourth-order valence-electron chi connectivity index (χ4n) is 2.14. The molecule has 0 aliphatic rings. The number of carboxylic acid groups (broad SMARTS) is 1. The minimum Gasteiger partial charge on any atom is -0.481 e. The van der Waals surface area contributed by atoms with Crippen molar-refractivity contribution in [3.05, 3.63) is 47.5 Å².